The predicted octanol–water partition coefficient (Wildman–Crippen LogP) is 6.43. The maximum absolute atomic E-state index is 13.3. The number of nitrogens with zero attached hydrogens (tertiary/aromatic N) is 1. The fourth-order valence-electron chi connectivity index (χ4n) is 2.97. The third-order valence-electron chi connectivity index (χ3n) is 4.56. The molecule has 0 spiro atoms. The SMILES string of the molecule is Cc1ccc(SC2=C(Nc3ccc(F)cc3)C(=O)N(c3ccc(Cl)c(Cl)c3)C2=O)cc1. The lowest BCUT2D eigenvalue weighted by Crippen LogP contribution is -2.32. The van der Waals surface area contributed by atoms with Gasteiger partial charge in [-0.15, -0.1) is 0 Å². The van der Waals surface area contributed by atoms with Crippen LogP contribution in [0, 0.1) is 12.7 Å². The molecule has 1 heterocycles. The molecular formula is C23H15Cl2FN2O2S. The van der Waals surface area contributed by atoms with Crippen LogP contribution >= 0.6 is 35.0 Å². The van der Waals surface area contributed by atoms with E-state index in [-0.39, 0.29) is 15.6 Å². The first-order valence-electron chi connectivity index (χ1n) is 9.19. The normalized spacial score (nSPS) is 13.9. The summed E-state index contributed by atoms with van der Waals surface area (Å²) in [4.78, 5) is 28.6. The Bertz CT molecular complexity index is 1140. The van der Waals surface area contributed by atoms with E-state index >= 15 is 0 Å². The van der Waals surface area contributed by atoms with Crippen molar-refractivity contribution in [2.75, 3.05) is 10.2 Å². The number of halogens is 3. The van der Waals surface area contributed by atoms with E-state index in [9.17, 15) is 14.0 Å². The zero-order valence-corrected chi connectivity index (χ0v) is 18.5. The van der Waals surface area contributed by atoms with Crippen LogP contribution in [0.3, 0.4) is 0 Å². The van der Waals surface area contributed by atoms with Crippen LogP contribution in [0.25, 0.3) is 0 Å². The molecule has 0 fully saturated rings. The van der Waals surface area contributed by atoms with E-state index in [1.54, 1.807) is 6.07 Å². The van der Waals surface area contributed by atoms with Gasteiger partial charge in [-0.3, -0.25) is 9.59 Å². The van der Waals surface area contributed by atoms with Crippen LogP contribution in [0.1, 0.15) is 5.56 Å². The van der Waals surface area contributed by atoms with Gasteiger partial charge in [-0.2, -0.15) is 0 Å². The van der Waals surface area contributed by atoms with Crippen LogP contribution < -0.4 is 10.2 Å². The van der Waals surface area contributed by atoms with E-state index in [0.717, 1.165) is 15.4 Å². The molecule has 0 radical (unpaired) electrons. The number of aryl methyl sites for hydroxylation is 1. The molecule has 1 aliphatic rings. The van der Waals surface area contributed by atoms with Gasteiger partial charge in [0.05, 0.1) is 15.7 Å². The van der Waals surface area contributed by atoms with Crippen molar-refractivity contribution in [2.24, 2.45) is 0 Å². The molecule has 8 heteroatoms. The van der Waals surface area contributed by atoms with E-state index in [1.807, 2.05) is 31.2 Å². The summed E-state index contributed by atoms with van der Waals surface area (Å²) in [5.74, 6) is -1.43. The highest BCUT2D eigenvalue weighted by atomic mass is 35.5. The molecule has 4 rings (SSSR count). The second-order valence-electron chi connectivity index (χ2n) is 6.80. The van der Waals surface area contributed by atoms with E-state index in [0.29, 0.717) is 16.4 Å². The molecular weight excluding hydrogens is 458 g/mol. The molecule has 31 heavy (non-hydrogen) atoms. The first-order valence-corrected chi connectivity index (χ1v) is 10.8. The van der Waals surface area contributed by atoms with Crippen LogP contribution in [-0.4, -0.2) is 11.8 Å². The zero-order valence-electron chi connectivity index (χ0n) is 16.2. The number of rotatable bonds is 5. The fourth-order valence-corrected chi connectivity index (χ4v) is 4.19. The Morgan fingerprint density at radius 1 is 0.871 bits per heavy atom. The third kappa shape index (κ3) is 4.46. The zero-order chi connectivity index (χ0) is 22.1. The molecule has 1 N–H and O–H groups in total. The number of thioether (sulfide) groups is 1. The molecule has 156 valence electrons. The molecule has 0 aromatic heterocycles. The van der Waals surface area contributed by atoms with E-state index in [4.69, 9.17) is 23.2 Å². The molecule has 0 unspecified atom stereocenters. The summed E-state index contributed by atoms with van der Waals surface area (Å²) in [5.41, 5.74) is 1.97. The average molecular weight is 473 g/mol. The van der Waals surface area contributed by atoms with Gasteiger partial charge in [0.1, 0.15) is 16.4 Å². The first kappa shape index (κ1) is 21.4. The van der Waals surface area contributed by atoms with Crippen LogP contribution in [0.4, 0.5) is 15.8 Å². The third-order valence-corrected chi connectivity index (χ3v) is 6.39. The average Bonchev–Trinajstić information content (AvgIpc) is 2.97. The molecule has 3 aromatic rings. The summed E-state index contributed by atoms with van der Waals surface area (Å²) >= 11 is 13.3. The van der Waals surface area contributed by atoms with Gasteiger partial charge in [-0.1, -0.05) is 52.7 Å². The number of anilines is 2. The summed E-state index contributed by atoms with van der Waals surface area (Å²) < 4.78 is 13.3. The molecule has 0 saturated carbocycles. The Hall–Kier alpha value is -2.80. The highest BCUT2D eigenvalue weighted by molar-refractivity contribution is 8.04. The van der Waals surface area contributed by atoms with Crippen LogP contribution in [-0.2, 0) is 9.59 Å². The lowest BCUT2D eigenvalue weighted by molar-refractivity contribution is -0.120. The number of amides is 2. The molecule has 0 atom stereocenters. The fraction of sp³-hybridized carbons (Fsp3) is 0.0435. The van der Waals surface area contributed by atoms with E-state index in [1.165, 1.54) is 48.2 Å². The van der Waals surface area contributed by atoms with Gasteiger partial charge in [-0.05, 0) is 61.5 Å². The minimum atomic E-state index is -0.540. The highest BCUT2D eigenvalue weighted by Crippen LogP contribution is 2.39. The van der Waals surface area contributed by atoms with Gasteiger partial charge < -0.3 is 5.32 Å². The predicted molar refractivity (Wildman–Crippen MR) is 123 cm³/mol. The summed E-state index contributed by atoms with van der Waals surface area (Å²) in [5, 5.41) is 3.52. The van der Waals surface area contributed by atoms with Crippen molar-refractivity contribution in [1.29, 1.82) is 0 Å². The lowest BCUT2D eigenvalue weighted by Gasteiger charge is -2.16. The van der Waals surface area contributed by atoms with Crippen molar-refractivity contribution in [1.82, 2.24) is 0 Å². The van der Waals surface area contributed by atoms with Crippen molar-refractivity contribution >= 4 is 58.2 Å². The van der Waals surface area contributed by atoms with Gasteiger partial charge >= 0.3 is 0 Å². The maximum Gasteiger partial charge on any atom is 0.283 e. The van der Waals surface area contributed by atoms with E-state index < -0.39 is 17.6 Å². The number of nitrogens with one attached hydrogen (secondary N) is 1. The van der Waals surface area contributed by atoms with Crippen molar-refractivity contribution in [2.45, 2.75) is 11.8 Å². The second-order valence-corrected chi connectivity index (χ2v) is 8.69. The summed E-state index contributed by atoms with van der Waals surface area (Å²) in [6, 6.07) is 17.7. The summed E-state index contributed by atoms with van der Waals surface area (Å²) in [6.45, 7) is 1.96. The number of carbonyl (C=O) groups is 2. The van der Waals surface area contributed by atoms with Crippen molar-refractivity contribution in [3.05, 3.63) is 98.8 Å². The van der Waals surface area contributed by atoms with Crippen LogP contribution in [0.2, 0.25) is 10.0 Å². The second kappa shape index (κ2) is 8.75. The minimum absolute atomic E-state index is 0.105. The van der Waals surface area contributed by atoms with Crippen LogP contribution in [0.5, 0.6) is 0 Å². The topological polar surface area (TPSA) is 49.4 Å². The Labute approximate surface area is 192 Å². The van der Waals surface area contributed by atoms with E-state index in [2.05, 4.69) is 5.32 Å². The molecule has 4 nitrogen and oxygen atoms in total. The Morgan fingerprint density at radius 3 is 2.19 bits per heavy atom. The molecule has 0 bridgehead atoms. The minimum Gasteiger partial charge on any atom is -0.350 e. The highest BCUT2D eigenvalue weighted by Gasteiger charge is 2.40. The summed E-state index contributed by atoms with van der Waals surface area (Å²) in [6.07, 6.45) is 0. The monoisotopic (exact) mass is 472 g/mol. The van der Waals surface area contributed by atoms with Gasteiger partial charge in [0, 0.05) is 10.6 Å². The number of hydrogen-bond donors (Lipinski definition) is 1. The Balaban J connectivity index is 1.74. The first-order chi connectivity index (χ1) is 14.8. The largest absolute Gasteiger partial charge is 0.350 e. The molecule has 3 aromatic carbocycles. The van der Waals surface area contributed by atoms with Crippen LogP contribution in [0.15, 0.2) is 82.2 Å². The quantitative estimate of drug-likeness (QED) is 0.434. The number of hydrogen-bond acceptors (Lipinski definition) is 4. The smallest absolute Gasteiger partial charge is 0.283 e. The lowest BCUT2D eigenvalue weighted by atomic mass is 10.2. The van der Waals surface area contributed by atoms with Crippen molar-refractivity contribution < 1.29 is 14.0 Å². The van der Waals surface area contributed by atoms with Gasteiger partial charge in [0.25, 0.3) is 11.8 Å². The number of imide groups is 1. The van der Waals surface area contributed by atoms with Gasteiger partial charge in [0.15, 0.2) is 0 Å². The summed E-state index contributed by atoms with van der Waals surface area (Å²) in [7, 11) is 0. The molecule has 0 saturated heterocycles. The maximum atomic E-state index is 13.3. The van der Waals surface area contributed by atoms with Gasteiger partial charge in [0.2, 0.25) is 0 Å². The van der Waals surface area contributed by atoms with Crippen molar-refractivity contribution in [3.63, 3.8) is 0 Å². The Morgan fingerprint density at radius 2 is 1.55 bits per heavy atom. The molecule has 2 amide bonds. The Kier molecular flexibility index (Phi) is 6.05. The number of benzene rings is 3. The molecule has 0 aliphatic carbocycles. The standard InChI is InChI=1S/C23H15Cl2FN2O2S/c1-13-2-9-17(10-3-13)31-21-20(27-15-6-4-14(26)5-7-15)22(29)28(23(21)30)16-8-11-18(24)19(25)12-16/h2-12,27H,1H3. The molecule has 1 aliphatic heterocycles. The van der Waals surface area contributed by atoms with Gasteiger partial charge in [-0.25, -0.2) is 9.29 Å². The number of carbonyl (C=O) groups excluding carboxylic acids is 2. The van der Waals surface area contributed by atoms with Crippen molar-refractivity contribution in [3.8, 4) is 0 Å².